The van der Waals surface area contributed by atoms with E-state index in [1.807, 2.05) is 13.1 Å². The van der Waals surface area contributed by atoms with Crippen LogP contribution < -0.4 is 10.6 Å². The summed E-state index contributed by atoms with van der Waals surface area (Å²) < 4.78 is 0. The van der Waals surface area contributed by atoms with Gasteiger partial charge in [0.25, 0.3) is 5.91 Å². The molecule has 0 aromatic carbocycles. The minimum atomic E-state index is -0.511. The molecule has 0 fully saturated rings. The van der Waals surface area contributed by atoms with Crippen LogP contribution in [0, 0.1) is 0 Å². The molecule has 1 rings (SSSR count). The molecule has 0 bridgehead atoms. The lowest BCUT2D eigenvalue weighted by atomic mass is 10.4. The molecule has 1 amide bonds. The van der Waals surface area contributed by atoms with Crippen molar-refractivity contribution in [3.8, 4) is 0 Å². The minimum Gasteiger partial charge on any atom is -0.392 e. The van der Waals surface area contributed by atoms with Gasteiger partial charge in [-0.15, -0.1) is 11.3 Å². The molecule has 5 heteroatoms. The molecule has 0 spiro atoms. The fourth-order valence-electron chi connectivity index (χ4n) is 0.922. The first-order chi connectivity index (χ1) is 6.63. The molecule has 0 saturated carbocycles. The maximum absolute atomic E-state index is 11.4. The smallest absolute Gasteiger partial charge is 0.261 e. The second-order valence-electron chi connectivity index (χ2n) is 2.97. The topological polar surface area (TPSA) is 61.4 Å². The molecule has 0 aliphatic rings. The van der Waals surface area contributed by atoms with Gasteiger partial charge in [-0.2, -0.15) is 0 Å². The van der Waals surface area contributed by atoms with Gasteiger partial charge >= 0.3 is 0 Å². The Morgan fingerprint density at radius 3 is 2.86 bits per heavy atom. The van der Waals surface area contributed by atoms with Gasteiger partial charge < -0.3 is 15.7 Å². The number of hydrogen-bond acceptors (Lipinski definition) is 4. The highest BCUT2D eigenvalue weighted by Crippen LogP contribution is 2.20. The Kier molecular flexibility index (Phi) is 3.91. The molecule has 1 heterocycles. The molecular weight excluding hydrogens is 200 g/mol. The molecule has 3 N–H and O–H groups in total. The van der Waals surface area contributed by atoms with Crippen molar-refractivity contribution in [1.82, 2.24) is 5.32 Å². The third kappa shape index (κ3) is 3.01. The van der Waals surface area contributed by atoms with E-state index in [-0.39, 0.29) is 12.5 Å². The lowest BCUT2D eigenvalue weighted by molar-refractivity contribution is 0.0928. The van der Waals surface area contributed by atoms with Crippen molar-refractivity contribution in [2.24, 2.45) is 0 Å². The number of aliphatic hydroxyl groups is 1. The van der Waals surface area contributed by atoms with Gasteiger partial charge in [0.2, 0.25) is 0 Å². The van der Waals surface area contributed by atoms with Gasteiger partial charge in [-0.25, -0.2) is 0 Å². The van der Waals surface area contributed by atoms with E-state index in [0.717, 1.165) is 5.00 Å². The number of carbonyl (C=O) groups excluding carboxylic acids is 1. The second kappa shape index (κ2) is 4.97. The first-order valence-electron chi connectivity index (χ1n) is 4.37. The van der Waals surface area contributed by atoms with Crippen molar-refractivity contribution in [3.63, 3.8) is 0 Å². The summed E-state index contributed by atoms with van der Waals surface area (Å²) in [6.07, 6.45) is -0.511. The van der Waals surface area contributed by atoms with E-state index in [1.54, 1.807) is 13.0 Å². The van der Waals surface area contributed by atoms with Crippen LogP contribution in [0.2, 0.25) is 0 Å². The average molecular weight is 214 g/mol. The molecule has 1 aromatic rings. The number of carbonyl (C=O) groups is 1. The first kappa shape index (κ1) is 11.0. The lowest BCUT2D eigenvalue weighted by Gasteiger charge is -2.04. The van der Waals surface area contributed by atoms with Crippen molar-refractivity contribution in [2.45, 2.75) is 13.0 Å². The van der Waals surface area contributed by atoms with Crippen molar-refractivity contribution >= 4 is 22.2 Å². The highest BCUT2D eigenvalue weighted by molar-refractivity contribution is 7.17. The molecular formula is C9H14N2O2S. The highest BCUT2D eigenvalue weighted by Gasteiger charge is 2.08. The van der Waals surface area contributed by atoms with E-state index in [2.05, 4.69) is 10.6 Å². The molecule has 0 unspecified atom stereocenters. The maximum atomic E-state index is 11.4. The van der Waals surface area contributed by atoms with Crippen molar-refractivity contribution in [2.75, 3.05) is 18.9 Å². The van der Waals surface area contributed by atoms with E-state index in [4.69, 9.17) is 5.11 Å². The van der Waals surface area contributed by atoms with Crippen LogP contribution in [0.3, 0.4) is 0 Å². The van der Waals surface area contributed by atoms with Crippen LogP contribution in [0.25, 0.3) is 0 Å². The average Bonchev–Trinajstić information content (AvgIpc) is 2.62. The van der Waals surface area contributed by atoms with Gasteiger partial charge in [0.15, 0.2) is 0 Å². The van der Waals surface area contributed by atoms with Gasteiger partial charge in [-0.05, 0) is 19.1 Å². The van der Waals surface area contributed by atoms with Crippen LogP contribution in [0.4, 0.5) is 5.00 Å². The summed E-state index contributed by atoms with van der Waals surface area (Å²) in [6, 6.07) is 3.61. The quantitative estimate of drug-likeness (QED) is 0.698. The number of nitrogens with one attached hydrogen (secondary N) is 2. The fourth-order valence-corrected chi connectivity index (χ4v) is 1.70. The summed E-state index contributed by atoms with van der Waals surface area (Å²) in [7, 11) is 1.81. The minimum absolute atomic E-state index is 0.141. The molecule has 1 aromatic heterocycles. The number of aliphatic hydroxyl groups excluding tert-OH is 1. The standard InChI is InChI=1S/C9H14N2O2S/c1-6(12)5-11-9(13)7-3-4-8(10-2)14-7/h3-4,6,10,12H,5H2,1-2H3,(H,11,13)/t6-/m0/s1. The summed E-state index contributed by atoms with van der Waals surface area (Å²) in [5.74, 6) is -0.141. The van der Waals surface area contributed by atoms with Crippen LogP contribution in [-0.2, 0) is 0 Å². The largest absolute Gasteiger partial charge is 0.392 e. The molecule has 0 radical (unpaired) electrons. The monoisotopic (exact) mass is 214 g/mol. The summed E-state index contributed by atoms with van der Waals surface area (Å²) in [5.41, 5.74) is 0. The second-order valence-corrected chi connectivity index (χ2v) is 4.06. The number of amides is 1. The summed E-state index contributed by atoms with van der Waals surface area (Å²) >= 11 is 1.39. The zero-order valence-electron chi connectivity index (χ0n) is 8.20. The maximum Gasteiger partial charge on any atom is 0.261 e. The Labute approximate surface area is 87.0 Å². The lowest BCUT2D eigenvalue weighted by Crippen LogP contribution is -2.29. The number of hydrogen-bond donors (Lipinski definition) is 3. The molecule has 78 valence electrons. The molecule has 14 heavy (non-hydrogen) atoms. The Balaban J connectivity index is 2.52. The number of rotatable bonds is 4. The Hall–Kier alpha value is -1.07. The van der Waals surface area contributed by atoms with Crippen LogP contribution in [0.15, 0.2) is 12.1 Å². The van der Waals surface area contributed by atoms with E-state index >= 15 is 0 Å². The number of thiophene rings is 1. The van der Waals surface area contributed by atoms with Crippen LogP contribution >= 0.6 is 11.3 Å². The van der Waals surface area contributed by atoms with Crippen molar-refractivity contribution in [3.05, 3.63) is 17.0 Å². The molecule has 4 nitrogen and oxygen atoms in total. The van der Waals surface area contributed by atoms with E-state index in [9.17, 15) is 4.79 Å². The molecule has 0 aliphatic carbocycles. The van der Waals surface area contributed by atoms with E-state index in [0.29, 0.717) is 4.88 Å². The van der Waals surface area contributed by atoms with Crippen molar-refractivity contribution in [1.29, 1.82) is 0 Å². The predicted octanol–water partition coefficient (Wildman–Crippen LogP) is 0.900. The Morgan fingerprint density at radius 1 is 1.64 bits per heavy atom. The predicted molar refractivity (Wildman–Crippen MR) is 57.9 cm³/mol. The van der Waals surface area contributed by atoms with Crippen LogP contribution in [-0.4, -0.2) is 30.7 Å². The number of anilines is 1. The Morgan fingerprint density at radius 2 is 2.36 bits per heavy atom. The van der Waals surface area contributed by atoms with Gasteiger partial charge in [0.05, 0.1) is 16.0 Å². The fraction of sp³-hybridized carbons (Fsp3) is 0.444. The zero-order chi connectivity index (χ0) is 10.6. The van der Waals surface area contributed by atoms with Crippen molar-refractivity contribution < 1.29 is 9.90 Å². The van der Waals surface area contributed by atoms with Crippen LogP contribution in [0.1, 0.15) is 16.6 Å². The third-order valence-corrected chi connectivity index (χ3v) is 2.74. The molecule has 0 saturated heterocycles. The highest BCUT2D eigenvalue weighted by atomic mass is 32.1. The normalized spacial score (nSPS) is 12.2. The first-order valence-corrected chi connectivity index (χ1v) is 5.19. The zero-order valence-corrected chi connectivity index (χ0v) is 9.02. The molecule has 1 atom stereocenters. The van der Waals surface area contributed by atoms with Gasteiger partial charge in [-0.3, -0.25) is 4.79 Å². The summed E-state index contributed by atoms with van der Waals surface area (Å²) in [4.78, 5) is 12.1. The summed E-state index contributed by atoms with van der Waals surface area (Å²) in [6.45, 7) is 1.92. The van der Waals surface area contributed by atoms with Crippen LogP contribution in [0.5, 0.6) is 0 Å². The van der Waals surface area contributed by atoms with Gasteiger partial charge in [0.1, 0.15) is 0 Å². The van der Waals surface area contributed by atoms with Gasteiger partial charge in [-0.1, -0.05) is 0 Å². The Bertz CT molecular complexity index is 310. The third-order valence-electron chi connectivity index (χ3n) is 1.63. The van der Waals surface area contributed by atoms with Gasteiger partial charge in [0, 0.05) is 13.6 Å². The SMILES string of the molecule is CNc1ccc(C(=O)NC[C@H](C)O)s1. The van der Waals surface area contributed by atoms with E-state index < -0.39 is 6.10 Å². The summed E-state index contributed by atoms with van der Waals surface area (Å²) in [5, 5.41) is 15.5. The molecule has 0 aliphatic heterocycles. The van der Waals surface area contributed by atoms with E-state index in [1.165, 1.54) is 11.3 Å².